The van der Waals surface area contributed by atoms with Gasteiger partial charge in [-0.05, 0) is 30.7 Å². The maximum absolute atomic E-state index is 12.9. The van der Waals surface area contributed by atoms with Crippen molar-refractivity contribution in [3.05, 3.63) is 35.3 Å². The Morgan fingerprint density at radius 1 is 1.25 bits per heavy atom. The highest BCUT2D eigenvalue weighted by atomic mass is 19.4. The van der Waals surface area contributed by atoms with Crippen molar-refractivity contribution >= 4 is 11.0 Å². The van der Waals surface area contributed by atoms with Gasteiger partial charge >= 0.3 is 6.18 Å². The van der Waals surface area contributed by atoms with Gasteiger partial charge in [-0.3, -0.25) is 0 Å². The molecule has 1 aromatic carbocycles. The van der Waals surface area contributed by atoms with Crippen LogP contribution in [0.3, 0.4) is 0 Å². The van der Waals surface area contributed by atoms with Crippen molar-refractivity contribution in [2.24, 2.45) is 0 Å². The summed E-state index contributed by atoms with van der Waals surface area (Å²) in [5.74, 6) is -0.650. The first-order valence-electron chi connectivity index (χ1n) is 4.61. The molecule has 2 aromatic rings. The molecule has 16 heavy (non-hydrogen) atoms. The number of alkyl halides is 3. The fourth-order valence-corrected chi connectivity index (χ4v) is 1.59. The molecule has 0 N–H and O–H groups in total. The van der Waals surface area contributed by atoms with Crippen LogP contribution in [0.25, 0.3) is 11.0 Å². The zero-order valence-corrected chi connectivity index (χ0v) is 8.36. The van der Waals surface area contributed by atoms with Crippen molar-refractivity contribution in [3.8, 4) is 0 Å². The van der Waals surface area contributed by atoms with Gasteiger partial charge in [0.15, 0.2) is 0 Å². The Bertz CT molecular complexity index is 524. The third kappa shape index (κ3) is 2.03. The second-order valence-corrected chi connectivity index (χ2v) is 3.58. The first-order chi connectivity index (χ1) is 7.37. The molecule has 5 heteroatoms. The highest BCUT2D eigenvalue weighted by molar-refractivity contribution is 5.82. The van der Waals surface area contributed by atoms with E-state index in [-0.39, 0.29) is 11.3 Å². The first kappa shape index (κ1) is 11.0. The summed E-state index contributed by atoms with van der Waals surface area (Å²) < 4.78 is 54.5. The van der Waals surface area contributed by atoms with Crippen LogP contribution < -0.4 is 0 Å². The third-order valence-electron chi connectivity index (χ3n) is 2.36. The predicted octanol–water partition coefficient (Wildman–Crippen LogP) is 3.99. The number of hydrogen-bond acceptors (Lipinski definition) is 1. The summed E-state index contributed by atoms with van der Waals surface area (Å²) in [4.78, 5) is 0. The van der Waals surface area contributed by atoms with Crippen molar-refractivity contribution < 1.29 is 22.0 Å². The molecule has 0 amide bonds. The Balaban J connectivity index is 2.52. The van der Waals surface area contributed by atoms with Crippen molar-refractivity contribution in [1.82, 2.24) is 0 Å². The van der Waals surface area contributed by atoms with Crippen molar-refractivity contribution in [1.29, 1.82) is 0 Å². The standard InChI is InChI=1S/C11H8F4O/c1-6-8-4-7(12)2-3-9(8)16-10(6)5-11(13,14)15/h2-4H,5H2,1H3. The maximum Gasteiger partial charge on any atom is 0.396 e. The largest absolute Gasteiger partial charge is 0.460 e. The van der Waals surface area contributed by atoms with E-state index in [1.807, 2.05) is 0 Å². The van der Waals surface area contributed by atoms with Gasteiger partial charge in [-0.2, -0.15) is 13.2 Å². The average molecular weight is 232 g/mol. The van der Waals surface area contributed by atoms with Gasteiger partial charge in [-0.1, -0.05) is 0 Å². The lowest BCUT2D eigenvalue weighted by Gasteiger charge is -2.03. The average Bonchev–Trinajstić information content (AvgIpc) is 2.42. The minimum absolute atomic E-state index is 0.159. The second-order valence-electron chi connectivity index (χ2n) is 3.58. The van der Waals surface area contributed by atoms with Crippen LogP contribution in [0.1, 0.15) is 11.3 Å². The molecule has 0 saturated heterocycles. The van der Waals surface area contributed by atoms with Gasteiger partial charge in [0.25, 0.3) is 0 Å². The van der Waals surface area contributed by atoms with Crippen LogP contribution in [0.15, 0.2) is 22.6 Å². The molecule has 1 heterocycles. The molecule has 1 aromatic heterocycles. The number of aryl methyl sites for hydroxylation is 1. The van der Waals surface area contributed by atoms with Crippen molar-refractivity contribution in [3.63, 3.8) is 0 Å². The number of fused-ring (bicyclic) bond motifs is 1. The number of halogens is 4. The van der Waals surface area contributed by atoms with E-state index in [0.29, 0.717) is 10.9 Å². The Kier molecular flexibility index (Phi) is 2.40. The van der Waals surface area contributed by atoms with Crippen LogP contribution in [-0.4, -0.2) is 6.18 Å². The zero-order valence-electron chi connectivity index (χ0n) is 8.36. The highest BCUT2D eigenvalue weighted by Gasteiger charge is 2.31. The molecule has 0 atom stereocenters. The van der Waals surface area contributed by atoms with E-state index in [0.717, 1.165) is 6.07 Å². The van der Waals surface area contributed by atoms with E-state index in [2.05, 4.69) is 0 Å². The molecule has 0 radical (unpaired) electrons. The number of benzene rings is 1. The Morgan fingerprint density at radius 2 is 1.94 bits per heavy atom. The van der Waals surface area contributed by atoms with Crippen LogP contribution in [0.4, 0.5) is 17.6 Å². The van der Waals surface area contributed by atoms with Gasteiger partial charge in [0.05, 0.1) is 0 Å². The zero-order chi connectivity index (χ0) is 11.9. The quantitative estimate of drug-likeness (QED) is 0.677. The molecule has 0 saturated carbocycles. The van der Waals surface area contributed by atoms with E-state index in [4.69, 9.17) is 4.42 Å². The van der Waals surface area contributed by atoms with Crippen molar-refractivity contribution in [2.75, 3.05) is 0 Å². The molecule has 86 valence electrons. The summed E-state index contributed by atoms with van der Waals surface area (Å²) in [6.07, 6.45) is -5.45. The van der Waals surface area contributed by atoms with Gasteiger partial charge in [-0.15, -0.1) is 0 Å². The van der Waals surface area contributed by atoms with Gasteiger partial charge in [-0.25, -0.2) is 4.39 Å². The van der Waals surface area contributed by atoms with Gasteiger partial charge < -0.3 is 4.42 Å². The summed E-state index contributed by atoms with van der Waals surface area (Å²) in [5.41, 5.74) is 0.616. The number of hydrogen-bond donors (Lipinski definition) is 0. The third-order valence-corrected chi connectivity index (χ3v) is 2.36. The van der Waals surface area contributed by atoms with E-state index in [1.54, 1.807) is 0 Å². The molecular formula is C11H8F4O. The van der Waals surface area contributed by atoms with Gasteiger partial charge in [0, 0.05) is 5.39 Å². The monoisotopic (exact) mass is 232 g/mol. The first-order valence-corrected chi connectivity index (χ1v) is 4.61. The maximum atomic E-state index is 12.9. The van der Waals surface area contributed by atoms with Gasteiger partial charge in [0.1, 0.15) is 23.6 Å². The second kappa shape index (κ2) is 3.50. The summed E-state index contributed by atoms with van der Waals surface area (Å²) >= 11 is 0. The lowest BCUT2D eigenvalue weighted by molar-refractivity contribution is -0.130. The molecule has 0 spiro atoms. The lowest BCUT2D eigenvalue weighted by Crippen LogP contribution is -2.11. The Labute approximate surface area is 88.7 Å². The summed E-state index contributed by atoms with van der Waals surface area (Å²) in [7, 11) is 0. The van der Waals surface area contributed by atoms with E-state index >= 15 is 0 Å². The molecule has 0 unspecified atom stereocenters. The molecule has 0 aliphatic rings. The molecule has 2 rings (SSSR count). The molecule has 0 bridgehead atoms. The predicted molar refractivity (Wildman–Crippen MR) is 50.7 cm³/mol. The van der Waals surface area contributed by atoms with Crippen LogP contribution in [0.2, 0.25) is 0 Å². The summed E-state index contributed by atoms with van der Waals surface area (Å²) in [5, 5.41) is 0.388. The van der Waals surface area contributed by atoms with Crippen LogP contribution in [0, 0.1) is 12.7 Å². The topological polar surface area (TPSA) is 13.1 Å². The molecule has 0 fully saturated rings. The minimum atomic E-state index is -4.32. The number of furan rings is 1. The van der Waals surface area contributed by atoms with Crippen LogP contribution in [0.5, 0.6) is 0 Å². The fraction of sp³-hybridized carbons (Fsp3) is 0.273. The number of rotatable bonds is 1. The normalized spacial score (nSPS) is 12.3. The fourth-order valence-electron chi connectivity index (χ4n) is 1.59. The summed E-state index contributed by atoms with van der Waals surface area (Å²) in [6.45, 7) is 1.49. The highest BCUT2D eigenvalue weighted by Crippen LogP contribution is 2.30. The SMILES string of the molecule is Cc1c(CC(F)(F)F)oc2ccc(F)cc12. The van der Waals surface area contributed by atoms with E-state index < -0.39 is 18.4 Å². The van der Waals surface area contributed by atoms with Crippen LogP contribution >= 0.6 is 0 Å². The van der Waals surface area contributed by atoms with Crippen molar-refractivity contribution in [2.45, 2.75) is 19.5 Å². The molecule has 1 nitrogen and oxygen atoms in total. The minimum Gasteiger partial charge on any atom is -0.460 e. The van der Waals surface area contributed by atoms with Crippen LogP contribution in [-0.2, 0) is 6.42 Å². The summed E-state index contributed by atoms with van der Waals surface area (Å²) in [6, 6.07) is 3.66. The van der Waals surface area contributed by atoms with Gasteiger partial charge in [0.2, 0.25) is 0 Å². The van der Waals surface area contributed by atoms with E-state index in [1.165, 1.54) is 19.1 Å². The molecular weight excluding hydrogens is 224 g/mol. The smallest absolute Gasteiger partial charge is 0.396 e. The Hall–Kier alpha value is -1.52. The molecule has 0 aliphatic heterocycles. The van der Waals surface area contributed by atoms with E-state index in [9.17, 15) is 17.6 Å². The Morgan fingerprint density at radius 3 is 2.56 bits per heavy atom. The lowest BCUT2D eigenvalue weighted by atomic mass is 10.1. The molecule has 0 aliphatic carbocycles.